The quantitative estimate of drug-likeness (QED) is 0.608. The molecule has 8 nitrogen and oxygen atoms in total. The lowest BCUT2D eigenvalue weighted by molar-refractivity contribution is -0.129. The van der Waals surface area contributed by atoms with Crippen molar-refractivity contribution in [1.82, 2.24) is 10.2 Å². The zero-order valence-corrected chi connectivity index (χ0v) is 19.6. The van der Waals surface area contributed by atoms with Gasteiger partial charge in [-0.15, -0.1) is 0 Å². The Morgan fingerprint density at radius 3 is 2.42 bits per heavy atom. The highest BCUT2D eigenvalue weighted by atomic mass is 16.5. The molecule has 1 aliphatic heterocycles. The molecule has 2 aromatic rings. The number of hydrogen-bond acceptors (Lipinski definition) is 5. The number of likely N-dealkylation sites (tertiary alicyclic amines) is 1. The average molecular weight is 454 g/mol. The van der Waals surface area contributed by atoms with Crippen molar-refractivity contribution in [3.63, 3.8) is 0 Å². The number of methoxy groups -OCH3 is 2. The highest BCUT2D eigenvalue weighted by molar-refractivity contribution is 5.97. The monoisotopic (exact) mass is 453 g/mol. The Balaban J connectivity index is 1.48. The molecular weight excluding hydrogens is 422 g/mol. The van der Waals surface area contributed by atoms with Gasteiger partial charge in [-0.25, -0.2) is 0 Å². The molecule has 176 valence electrons. The van der Waals surface area contributed by atoms with Crippen LogP contribution in [0.4, 0.5) is 5.69 Å². The Labute approximate surface area is 194 Å². The predicted octanol–water partition coefficient (Wildman–Crippen LogP) is 2.47. The molecule has 0 bridgehead atoms. The van der Waals surface area contributed by atoms with Crippen molar-refractivity contribution >= 4 is 23.4 Å². The second-order valence-corrected chi connectivity index (χ2v) is 8.21. The summed E-state index contributed by atoms with van der Waals surface area (Å²) in [6.07, 6.45) is 0.787. The van der Waals surface area contributed by atoms with Crippen LogP contribution in [0.15, 0.2) is 36.4 Å². The van der Waals surface area contributed by atoms with Crippen LogP contribution in [-0.4, -0.2) is 56.5 Å². The number of para-hydroxylation sites is 1. The van der Waals surface area contributed by atoms with Gasteiger partial charge in [0.15, 0.2) is 11.5 Å². The lowest BCUT2D eigenvalue weighted by Crippen LogP contribution is -2.38. The minimum Gasteiger partial charge on any atom is -0.493 e. The number of hydrogen-bond donors (Lipinski definition) is 2. The number of nitrogens with one attached hydrogen (secondary N) is 2. The number of aryl methyl sites for hydroxylation is 2. The maximum absolute atomic E-state index is 12.6. The first kappa shape index (κ1) is 24.1. The smallest absolute Gasteiger partial charge is 0.243 e. The summed E-state index contributed by atoms with van der Waals surface area (Å²) in [5, 5.41) is 5.51. The summed E-state index contributed by atoms with van der Waals surface area (Å²) in [6, 6.07) is 11.4. The molecule has 1 heterocycles. The SMILES string of the molecule is COc1ccc(CCN2CC(C(=O)NCC(=O)Nc3c(C)cccc3C)CC2=O)cc1OC. The van der Waals surface area contributed by atoms with E-state index in [2.05, 4.69) is 10.6 Å². The number of ether oxygens (including phenoxy) is 2. The van der Waals surface area contributed by atoms with E-state index >= 15 is 0 Å². The van der Waals surface area contributed by atoms with Crippen molar-refractivity contribution in [3.8, 4) is 11.5 Å². The Hall–Kier alpha value is -3.55. The molecule has 0 spiro atoms. The molecule has 8 heteroatoms. The van der Waals surface area contributed by atoms with E-state index in [1.165, 1.54) is 0 Å². The molecule has 1 atom stereocenters. The van der Waals surface area contributed by atoms with Gasteiger partial charge in [-0.2, -0.15) is 0 Å². The van der Waals surface area contributed by atoms with Crippen LogP contribution in [0, 0.1) is 19.8 Å². The highest BCUT2D eigenvalue weighted by Gasteiger charge is 2.34. The molecule has 0 aromatic heterocycles. The largest absolute Gasteiger partial charge is 0.493 e. The van der Waals surface area contributed by atoms with Gasteiger partial charge in [0, 0.05) is 25.2 Å². The third-order valence-electron chi connectivity index (χ3n) is 5.87. The Kier molecular flexibility index (Phi) is 7.92. The molecule has 3 amide bonds. The number of benzene rings is 2. The van der Waals surface area contributed by atoms with E-state index in [0.29, 0.717) is 31.0 Å². The molecule has 0 saturated carbocycles. The topological polar surface area (TPSA) is 97.0 Å². The second-order valence-electron chi connectivity index (χ2n) is 8.21. The van der Waals surface area contributed by atoms with E-state index in [1.807, 2.05) is 50.2 Å². The summed E-state index contributed by atoms with van der Waals surface area (Å²) in [5.74, 6) is 0.187. The van der Waals surface area contributed by atoms with E-state index in [9.17, 15) is 14.4 Å². The fourth-order valence-corrected chi connectivity index (χ4v) is 3.97. The van der Waals surface area contributed by atoms with Gasteiger partial charge in [-0.1, -0.05) is 24.3 Å². The summed E-state index contributed by atoms with van der Waals surface area (Å²) in [5.41, 5.74) is 3.69. The van der Waals surface area contributed by atoms with Gasteiger partial charge in [0.25, 0.3) is 0 Å². The molecule has 1 aliphatic rings. The van der Waals surface area contributed by atoms with E-state index in [0.717, 1.165) is 22.4 Å². The molecule has 0 aliphatic carbocycles. The van der Waals surface area contributed by atoms with E-state index < -0.39 is 5.92 Å². The fourth-order valence-electron chi connectivity index (χ4n) is 3.97. The van der Waals surface area contributed by atoms with Crippen molar-refractivity contribution in [2.75, 3.05) is 39.2 Å². The van der Waals surface area contributed by atoms with Gasteiger partial charge in [-0.3, -0.25) is 14.4 Å². The minimum atomic E-state index is -0.462. The molecule has 1 fully saturated rings. The van der Waals surface area contributed by atoms with Crippen molar-refractivity contribution in [2.45, 2.75) is 26.7 Å². The van der Waals surface area contributed by atoms with Crippen molar-refractivity contribution in [1.29, 1.82) is 0 Å². The van der Waals surface area contributed by atoms with Crippen LogP contribution in [0.5, 0.6) is 11.5 Å². The lowest BCUT2D eigenvalue weighted by Gasteiger charge is -2.17. The number of carbonyl (C=O) groups is 3. The summed E-state index contributed by atoms with van der Waals surface area (Å²) in [6.45, 7) is 4.55. The van der Waals surface area contributed by atoms with Crippen LogP contribution in [0.1, 0.15) is 23.1 Å². The van der Waals surface area contributed by atoms with E-state index in [1.54, 1.807) is 19.1 Å². The first-order valence-corrected chi connectivity index (χ1v) is 10.9. The Bertz CT molecular complexity index is 1020. The van der Waals surface area contributed by atoms with Crippen molar-refractivity contribution < 1.29 is 23.9 Å². The van der Waals surface area contributed by atoms with E-state index in [4.69, 9.17) is 9.47 Å². The number of carbonyl (C=O) groups excluding carboxylic acids is 3. The third-order valence-corrected chi connectivity index (χ3v) is 5.87. The first-order chi connectivity index (χ1) is 15.8. The summed E-state index contributed by atoms with van der Waals surface area (Å²) in [4.78, 5) is 39.0. The van der Waals surface area contributed by atoms with Gasteiger partial charge in [-0.05, 0) is 49.1 Å². The van der Waals surface area contributed by atoms with Gasteiger partial charge >= 0.3 is 0 Å². The Morgan fingerprint density at radius 2 is 1.76 bits per heavy atom. The fraction of sp³-hybridized carbons (Fsp3) is 0.400. The summed E-state index contributed by atoms with van der Waals surface area (Å²) >= 11 is 0. The molecule has 0 radical (unpaired) electrons. The van der Waals surface area contributed by atoms with Crippen LogP contribution >= 0.6 is 0 Å². The summed E-state index contributed by atoms with van der Waals surface area (Å²) in [7, 11) is 3.16. The van der Waals surface area contributed by atoms with Gasteiger partial charge in [0.1, 0.15) is 0 Å². The first-order valence-electron chi connectivity index (χ1n) is 10.9. The second kappa shape index (κ2) is 10.8. The third kappa shape index (κ3) is 6.03. The van der Waals surface area contributed by atoms with Crippen LogP contribution in [0.3, 0.4) is 0 Å². The zero-order valence-electron chi connectivity index (χ0n) is 19.6. The molecule has 3 rings (SSSR count). The van der Waals surface area contributed by atoms with Crippen LogP contribution in [0.25, 0.3) is 0 Å². The van der Waals surface area contributed by atoms with Crippen molar-refractivity contribution in [3.05, 3.63) is 53.1 Å². The predicted molar refractivity (Wildman–Crippen MR) is 125 cm³/mol. The molecule has 2 N–H and O–H groups in total. The van der Waals surface area contributed by atoms with Crippen LogP contribution in [0.2, 0.25) is 0 Å². The molecule has 2 aromatic carbocycles. The van der Waals surface area contributed by atoms with Crippen LogP contribution < -0.4 is 20.1 Å². The maximum Gasteiger partial charge on any atom is 0.243 e. The standard InChI is InChI=1S/C25H31N3O5/c1-16-6-5-7-17(2)24(16)27-22(29)14-26-25(31)19-13-23(30)28(15-19)11-10-18-8-9-20(32-3)21(12-18)33-4/h5-9,12,19H,10-11,13-15H2,1-4H3,(H,26,31)(H,27,29). The molecule has 33 heavy (non-hydrogen) atoms. The Morgan fingerprint density at radius 1 is 1.06 bits per heavy atom. The summed E-state index contributed by atoms with van der Waals surface area (Å²) < 4.78 is 10.6. The minimum absolute atomic E-state index is 0.0596. The highest BCUT2D eigenvalue weighted by Crippen LogP contribution is 2.28. The molecular formula is C25H31N3O5. The molecule has 1 unspecified atom stereocenters. The number of nitrogens with zero attached hydrogens (tertiary/aromatic N) is 1. The number of rotatable bonds is 9. The normalized spacial score (nSPS) is 15.3. The zero-order chi connectivity index (χ0) is 24.0. The van der Waals surface area contributed by atoms with Crippen molar-refractivity contribution in [2.24, 2.45) is 5.92 Å². The average Bonchev–Trinajstić information content (AvgIpc) is 3.18. The maximum atomic E-state index is 12.6. The number of amides is 3. The lowest BCUT2D eigenvalue weighted by atomic mass is 10.1. The van der Waals surface area contributed by atoms with Gasteiger partial charge < -0.3 is 25.0 Å². The van der Waals surface area contributed by atoms with Gasteiger partial charge in [0.2, 0.25) is 17.7 Å². The molecule has 1 saturated heterocycles. The number of anilines is 1. The van der Waals surface area contributed by atoms with Gasteiger partial charge in [0.05, 0.1) is 26.7 Å². The van der Waals surface area contributed by atoms with Crippen LogP contribution in [-0.2, 0) is 20.8 Å². The van der Waals surface area contributed by atoms with E-state index in [-0.39, 0.29) is 30.7 Å².